The van der Waals surface area contributed by atoms with Gasteiger partial charge in [0.1, 0.15) is 11.2 Å². The second-order valence-electron chi connectivity index (χ2n) is 9.16. The molecule has 2 heterocycles. The van der Waals surface area contributed by atoms with E-state index < -0.39 is 23.4 Å². The summed E-state index contributed by atoms with van der Waals surface area (Å²) >= 11 is 0. The molecule has 166 valence electrons. The van der Waals surface area contributed by atoms with Gasteiger partial charge in [-0.1, -0.05) is 0 Å². The molecule has 1 aromatic rings. The van der Waals surface area contributed by atoms with Crippen LogP contribution in [0, 0.1) is 0 Å². The average Bonchev–Trinajstić information content (AvgIpc) is 2.59. The number of piperazine rings is 1. The number of nitrogens with zero attached hydrogens (tertiary/aromatic N) is 5. The third-order valence-electron chi connectivity index (χ3n) is 4.03. The molecule has 10 nitrogen and oxygen atoms in total. The van der Waals surface area contributed by atoms with Gasteiger partial charge in [-0.3, -0.25) is 4.79 Å². The molecule has 0 N–H and O–H groups in total. The first-order valence-electron chi connectivity index (χ1n) is 9.83. The van der Waals surface area contributed by atoms with E-state index in [0.29, 0.717) is 18.0 Å². The Balaban J connectivity index is 2.24. The first kappa shape index (κ1) is 23.5. The molecule has 0 unspecified atom stereocenters. The number of carbonyl (C=O) groups is 3. The Labute approximate surface area is 177 Å². The van der Waals surface area contributed by atoms with Gasteiger partial charge in [-0.2, -0.15) is 0 Å². The molecule has 1 aliphatic rings. The van der Waals surface area contributed by atoms with E-state index in [9.17, 15) is 14.4 Å². The highest BCUT2D eigenvalue weighted by atomic mass is 16.6. The second kappa shape index (κ2) is 8.95. The van der Waals surface area contributed by atoms with Crippen molar-refractivity contribution >= 4 is 24.0 Å². The lowest BCUT2D eigenvalue weighted by molar-refractivity contribution is 0.0427. The normalized spacial score (nSPS) is 15.5. The molecule has 0 aliphatic carbocycles. The molecule has 3 amide bonds. The zero-order valence-corrected chi connectivity index (χ0v) is 18.8. The van der Waals surface area contributed by atoms with Crippen LogP contribution >= 0.6 is 0 Å². The van der Waals surface area contributed by atoms with Crippen molar-refractivity contribution in [2.24, 2.45) is 0 Å². The van der Waals surface area contributed by atoms with Gasteiger partial charge in [0.2, 0.25) is 5.95 Å². The van der Waals surface area contributed by atoms with Gasteiger partial charge in [0.05, 0.1) is 5.56 Å². The molecule has 1 aromatic heterocycles. The number of amides is 3. The van der Waals surface area contributed by atoms with E-state index in [0.717, 1.165) is 13.1 Å². The number of hydrogen-bond acceptors (Lipinski definition) is 8. The summed E-state index contributed by atoms with van der Waals surface area (Å²) in [5, 5.41) is 0. The molecule has 1 fully saturated rings. The van der Waals surface area contributed by atoms with Gasteiger partial charge in [-0.15, -0.1) is 4.90 Å². The lowest BCUT2D eigenvalue weighted by Crippen LogP contribution is -2.47. The molecule has 1 saturated heterocycles. The number of carbonyl (C=O) groups excluding carboxylic acids is 3. The SMILES string of the molecule is CN1CCN(C(=O)c2cnc(N(C(=O)OC(C)(C)C)C(=O)OC(C)(C)C)nc2)CC1. The van der Waals surface area contributed by atoms with Crippen LogP contribution in [-0.4, -0.2) is 82.3 Å². The van der Waals surface area contributed by atoms with Crippen molar-refractivity contribution in [2.75, 3.05) is 38.1 Å². The summed E-state index contributed by atoms with van der Waals surface area (Å²) < 4.78 is 10.6. The third-order valence-corrected chi connectivity index (χ3v) is 4.03. The van der Waals surface area contributed by atoms with Gasteiger partial charge in [0.15, 0.2) is 0 Å². The van der Waals surface area contributed by atoms with Gasteiger partial charge < -0.3 is 19.3 Å². The largest absolute Gasteiger partial charge is 0.443 e. The maximum absolute atomic E-state index is 12.7. The molecular weight excluding hydrogens is 390 g/mol. The standard InChI is InChI=1S/C20H31N5O5/c1-19(2,3)29-17(27)25(18(28)30-20(4,5)6)16-21-12-14(13-22-16)15(26)24-10-8-23(7)9-11-24/h12-13H,8-11H2,1-7H3. The molecule has 30 heavy (non-hydrogen) atoms. The molecular formula is C20H31N5O5. The topological polar surface area (TPSA) is 105 Å². The molecule has 2 rings (SSSR count). The fourth-order valence-corrected chi connectivity index (χ4v) is 2.59. The van der Waals surface area contributed by atoms with Crippen LogP contribution in [0.5, 0.6) is 0 Å². The summed E-state index contributed by atoms with van der Waals surface area (Å²) in [6.07, 6.45) is 0.667. The third kappa shape index (κ3) is 6.65. The van der Waals surface area contributed by atoms with Crippen LogP contribution in [0.15, 0.2) is 12.4 Å². The molecule has 1 aliphatic heterocycles. The highest BCUT2D eigenvalue weighted by Crippen LogP contribution is 2.19. The van der Waals surface area contributed by atoms with E-state index in [1.165, 1.54) is 12.4 Å². The Kier molecular flexibility index (Phi) is 7.02. The van der Waals surface area contributed by atoms with E-state index in [1.54, 1.807) is 46.4 Å². The van der Waals surface area contributed by atoms with E-state index in [-0.39, 0.29) is 17.4 Å². The van der Waals surface area contributed by atoms with E-state index in [4.69, 9.17) is 9.47 Å². The number of ether oxygens (including phenoxy) is 2. The van der Waals surface area contributed by atoms with Crippen LogP contribution in [0.25, 0.3) is 0 Å². The van der Waals surface area contributed by atoms with E-state index in [1.807, 2.05) is 7.05 Å². The number of rotatable bonds is 2. The van der Waals surface area contributed by atoms with Gasteiger partial charge in [0.25, 0.3) is 5.91 Å². The minimum absolute atomic E-state index is 0.198. The molecule has 0 bridgehead atoms. The highest BCUT2D eigenvalue weighted by molar-refractivity contribution is 6.08. The van der Waals surface area contributed by atoms with Crippen molar-refractivity contribution in [1.29, 1.82) is 0 Å². The fourth-order valence-electron chi connectivity index (χ4n) is 2.59. The van der Waals surface area contributed by atoms with Crippen molar-refractivity contribution < 1.29 is 23.9 Å². The Morgan fingerprint density at radius 1 is 0.867 bits per heavy atom. The molecule has 10 heteroatoms. The van der Waals surface area contributed by atoms with Crippen molar-refractivity contribution in [3.05, 3.63) is 18.0 Å². The minimum atomic E-state index is -0.963. The van der Waals surface area contributed by atoms with Gasteiger partial charge >= 0.3 is 12.2 Å². The smallest absolute Gasteiger partial charge is 0.427 e. The Hall–Kier alpha value is -2.75. The lowest BCUT2D eigenvalue weighted by Gasteiger charge is -2.32. The first-order chi connectivity index (χ1) is 13.8. The predicted octanol–water partition coefficient (Wildman–Crippen LogP) is 2.54. The highest BCUT2D eigenvalue weighted by Gasteiger charge is 2.34. The summed E-state index contributed by atoms with van der Waals surface area (Å²) in [7, 11) is 2.00. The maximum Gasteiger partial charge on any atom is 0.427 e. The molecule has 0 spiro atoms. The summed E-state index contributed by atoms with van der Waals surface area (Å²) in [6, 6.07) is 0. The van der Waals surface area contributed by atoms with Gasteiger partial charge in [0, 0.05) is 38.6 Å². The van der Waals surface area contributed by atoms with Gasteiger partial charge in [-0.05, 0) is 48.6 Å². The quantitative estimate of drug-likeness (QED) is 0.717. The van der Waals surface area contributed by atoms with Crippen LogP contribution in [0.1, 0.15) is 51.9 Å². The Morgan fingerprint density at radius 2 is 1.30 bits per heavy atom. The van der Waals surface area contributed by atoms with Crippen LogP contribution in [0.3, 0.4) is 0 Å². The Bertz CT molecular complexity index is 746. The van der Waals surface area contributed by atoms with Crippen LogP contribution < -0.4 is 4.90 Å². The predicted molar refractivity (Wildman–Crippen MR) is 110 cm³/mol. The van der Waals surface area contributed by atoms with Crippen molar-refractivity contribution in [2.45, 2.75) is 52.7 Å². The summed E-state index contributed by atoms with van der Waals surface area (Å²) in [4.78, 5) is 50.5. The first-order valence-corrected chi connectivity index (χ1v) is 9.83. The Morgan fingerprint density at radius 3 is 1.70 bits per heavy atom. The zero-order valence-electron chi connectivity index (χ0n) is 18.8. The maximum atomic E-state index is 12.7. The van der Waals surface area contributed by atoms with Crippen molar-refractivity contribution in [3.8, 4) is 0 Å². The van der Waals surface area contributed by atoms with E-state index >= 15 is 0 Å². The molecule has 0 saturated carbocycles. The average molecular weight is 421 g/mol. The lowest BCUT2D eigenvalue weighted by atomic mass is 10.2. The molecule has 0 atom stereocenters. The van der Waals surface area contributed by atoms with Gasteiger partial charge in [-0.25, -0.2) is 19.6 Å². The number of likely N-dealkylation sites (N-methyl/N-ethyl adjacent to an activating group) is 1. The monoisotopic (exact) mass is 421 g/mol. The van der Waals surface area contributed by atoms with E-state index in [2.05, 4.69) is 14.9 Å². The van der Waals surface area contributed by atoms with Crippen molar-refractivity contribution in [3.63, 3.8) is 0 Å². The fraction of sp³-hybridized carbons (Fsp3) is 0.650. The second-order valence-corrected chi connectivity index (χ2v) is 9.16. The summed E-state index contributed by atoms with van der Waals surface area (Å²) in [5.41, 5.74) is -1.40. The molecule has 0 radical (unpaired) electrons. The number of imide groups is 1. The minimum Gasteiger partial charge on any atom is -0.443 e. The number of aromatic nitrogens is 2. The van der Waals surface area contributed by atoms with Crippen molar-refractivity contribution in [1.82, 2.24) is 19.8 Å². The van der Waals surface area contributed by atoms with Crippen LogP contribution in [0.4, 0.5) is 15.5 Å². The van der Waals surface area contributed by atoms with Crippen LogP contribution in [0.2, 0.25) is 0 Å². The zero-order chi connectivity index (χ0) is 22.7. The van der Waals surface area contributed by atoms with Crippen LogP contribution in [-0.2, 0) is 9.47 Å². The summed E-state index contributed by atoms with van der Waals surface area (Å²) in [6.45, 7) is 12.9. The number of anilines is 1. The summed E-state index contributed by atoms with van der Waals surface area (Å²) in [5.74, 6) is -0.427. The molecule has 0 aromatic carbocycles. The number of hydrogen-bond donors (Lipinski definition) is 0.